The van der Waals surface area contributed by atoms with Crippen molar-refractivity contribution in [2.24, 2.45) is 5.92 Å². The van der Waals surface area contributed by atoms with Gasteiger partial charge in [-0.3, -0.25) is 4.79 Å². The number of anilines is 1. The number of rotatable bonds is 4. The Bertz CT molecular complexity index is 663. The highest BCUT2D eigenvalue weighted by molar-refractivity contribution is 7.16. The quantitative estimate of drug-likeness (QED) is 0.850. The minimum atomic E-state index is -0.00649. The predicted molar refractivity (Wildman–Crippen MR) is 92.8 cm³/mol. The second-order valence-corrected chi connectivity index (χ2v) is 7.53. The van der Waals surface area contributed by atoms with Crippen LogP contribution >= 0.6 is 22.9 Å². The van der Waals surface area contributed by atoms with E-state index >= 15 is 0 Å². The minimum absolute atomic E-state index is 0.00649. The molecule has 0 spiro atoms. The first-order valence-corrected chi connectivity index (χ1v) is 8.84. The Hall–Kier alpha value is -1.66. The fraction of sp³-hybridized carbons (Fsp3) is 0.438. The number of nitrogens with zero attached hydrogens (tertiary/aromatic N) is 4. The van der Waals surface area contributed by atoms with Gasteiger partial charge in [-0.2, -0.15) is 0 Å². The molecule has 3 rings (SSSR count). The van der Waals surface area contributed by atoms with E-state index in [9.17, 15) is 4.79 Å². The molecular weight excluding hydrogens is 332 g/mol. The molecule has 5 nitrogen and oxygen atoms in total. The van der Waals surface area contributed by atoms with Crippen LogP contribution in [0, 0.1) is 5.92 Å². The molecule has 0 N–H and O–H groups in total. The lowest BCUT2D eigenvalue weighted by molar-refractivity contribution is -0.135. The first-order valence-electron chi connectivity index (χ1n) is 7.64. The molecule has 0 aliphatic carbocycles. The fourth-order valence-corrected chi connectivity index (χ4v) is 4.02. The van der Waals surface area contributed by atoms with Crippen LogP contribution in [0.2, 0.25) is 4.34 Å². The lowest BCUT2D eigenvalue weighted by atomic mass is 9.97. The number of amides is 1. The van der Waals surface area contributed by atoms with E-state index < -0.39 is 0 Å². The summed E-state index contributed by atoms with van der Waals surface area (Å²) in [6, 6.07) is 5.65. The molecule has 7 heteroatoms. The highest BCUT2D eigenvalue weighted by Crippen LogP contribution is 2.25. The van der Waals surface area contributed by atoms with Crippen molar-refractivity contribution < 1.29 is 4.79 Å². The van der Waals surface area contributed by atoms with Gasteiger partial charge < -0.3 is 9.80 Å². The molecule has 1 saturated heterocycles. The van der Waals surface area contributed by atoms with Gasteiger partial charge in [0, 0.05) is 37.4 Å². The normalized spacial score (nSPS) is 18.0. The van der Waals surface area contributed by atoms with Crippen LogP contribution < -0.4 is 4.90 Å². The van der Waals surface area contributed by atoms with Crippen LogP contribution in [0.15, 0.2) is 30.6 Å². The van der Waals surface area contributed by atoms with Gasteiger partial charge in [-0.15, -0.1) is 11.3 Å². The minimum Gasteiger partial charge on any atom is -0.340 e. The molecule has 23 heavy (non-hydrogen) atoms. The number of piperidine rings is 1. The van der Waals surface area contributed by atoms with E-state index in [1.54, 1.807) is 23.4 Å². The van der Waals surface area contributed by atoms with Crippen LogP contribution in [0.3, 0.4) is 0 Å². The van der Waals surface area contributed by atoms with Crippen molar-refractivity contribution in [2.75, 3.05) is 25.0 Å². The Kier molecular flexibility index (Phi) is 5.13. The number of carbonyl (C=O) groups is 1. The Balaban J connectivity index is 1.62. The van der Waals surface area contributed by atoms with Crippen molar-refractivity contribution in [3.63, 3.8) is 0 Å². The van der Waals surface area contributed by atoms with Crippen LogP contribution in [0.4, 0.5) is 5.95 Å². The third kappa shape index (κ3) is 4.00. The molecule has 1 amide bonds. The van der Waals surface area contributed by atoms with Gasteiger partial charge in [0.05, 0.1) is 16.8 Å². The van der Waals surface area contributed by atoms with Crippen molar-refractivity contribution in [1.82, 2.24) is 14.9 Å². The number of hydrogen-bond donors (Lipinski definition) is 0. The summed E-state index contributed by atoms with van der Waals surface area (Å²) in [6.45, 7) is 2.19. The maximum atomic E-state index is 12.7. The van der Waals surface area contributed by atoms with E-state index in [0.717, 1.165) is 28.6 Å². The Morgan fingerprint density at radius 2 is 2.22 bits per heavy atom. The summed E-state index contributed by atoms with van der Waals surface area (Å²) in [4.78, 5) is 26.3. The third-order valence-corrected chi connectivity index (χ3v) is 5.22. The van der Waals surface area contributed by atoms with E-state index in [1.807, 2.05) is 19.2 Å². The van der Waals surface area contributed by atoms with E-state index in [-0.39, 0.29) is 11.8 Å². The van der Waals surface area contributed by atoms with E-state index in [0.29, 0.717) is 19.0 Å². The topological polar surface area (TPSA) is 49.3 Å². The van der Waals surface area contributed by atoms with Crippen molar-refractivity contribution in [2.45, 2.75) is 19.4 Å². The van der Waals surface area contributed by atoms with Crippen molar-refractivity contribution in [3.05, 3.63) is 39.8 Å². The van der Waals surface area contributed by atoms with Gasteiger partial charge in [0.25, 0.3) is 0 Å². The number of aromatic nitrogens is 2. The molecule has 0 aromatic carbocycles. The second-order valence-electron chi connectivity index (χ2n) is 5.73. The van der Waals surface area contributed by atoms with Gasteiger partial charge in [0.15, 0.2) is 0 Å². The molecule has 3 heterocycles. The first-order chi connectivity index (χ1) is 11.1. The average molecular weight is 351 g/mol. The van der Waals surface area contributed by atoms with Crippen LogP contribution in [0.1, 0.15) is 17.7 Å². The molecular formula is C16H19ClN4OS. The van der Waals surface area contributed by atoms with Crippen LogP contribution in [0.25, 0.3) is 0 Å². The third-order valence-electron chi connectivity index (χ3n) is 4.00. The molecule has 2 aromatic heterocycles. The summed E-state index contributed by atoms with van der Waals surface area (Å²) in [5.41, 5.74) is 0. The second kappa shape index (κ2) is 7.27. The van der Waals surface area contributed by atoms with E-state index in [4.69, 9.17) is 11.6 Å². The molecule has 1 aliphatic rings. The van der Waals surface area contributed by atoms with E-state index in [2.05, 4.69) is 14.9 Å². The summed E-state index contributed by atoms with van der Waals surface area (Å²) in [5.74, 6) is 0.876. The summed E-state index contributed by atoms with van der Waals surface area (Å²) in [7, 11) is 1.86. The zero-order valence-electron chi connectivity index (χ0n) is 13.0. The van der Waals surface area contributed by atoms with Crippen molar-refractivity contribution in [1.29, 1.82) is 0 Å². The molecule has 0 bridgehead atoms. The zero-order chi connectivity index (χ0) is 16.2. The van der Waals surface area contributed by atoms with Crippen molar-refractivity contribution >= 4 is 34.8 Å². The highest BCUT2D eigenvalue weighted by atomic mass is 35.5. The smallest absolute Gasteiger partial charge is 0.227 e. The van der Waals surface area contributed by atoms with Gasteiger partial charge in [0.2, 0.25) is 11.9 Å². The summed E-state index contributed by atoms with van der Waals surface area (Å²) < 4.78 is 0.755. The van der Waals surface area contributed by atoms with Crippen LogP contribution in [-0.2, 0) is 11.3 Å². The molecule has 1 aliphatic heterocycles. The van der Waals surface area contributed by atoms with Crippen LogP contribution in [0.5, 0.6) is 0 Å². The molecule has 122 valence electrons. The van der Waals surface area contributed by atoms with Crippen molar-refractivity contribution in [3.8, 4) is 0 Å². The van der Waals surface area contributed by atoms with Gasteiger partial charge in [-0.05, 0) is 31.0 Å². The summed E-state index contributed by atoms with van der Waals surface area (Å²) in [5, 5.41) is 0. The largest absolute Gasteiger partial charge is 0.340 e. The van der Waals surface area contributed by atoms with E-state index in [1.165, 1.54) is 11.3 Å². The predicted octanol–water partition coefficient (Wildman–Crippen LogP) is 3.07. The monoisotopic (exact) mass is 350 g/mol. The SMILES string of the molecule is CN(Cc1ccc(Cl)s1)C(=O)C1CCCN(c2ncccn2)C1. The Labute approximate surface area is 144 Å². The molecule has 0 radical (unpaired) electrons. The standard InChI is InChI=1S/C16H19ClN4OS/c1-20(11-13-5-6-14(17)23-13)15(22)12-4-2-9-21(10-12)16-18-7-3-8-19-16/h3,5-8,12H,2,4,9-11H2,1H3. The lowest BCUT2D eigenvalue weighted by Gasteiger charge is -2.33. The maximum absolute atomic E-state index is 12.7. The Morgan fingerprint density at radius 3 is 2.91 bits per heavy atom. The molecule has 1 atom stereocenters. The number of carbonyl (C=O) groups excluding carboxylic acids is 1. The fourth-order valence-electron chi connectivity index (χ4n) is 2.87. The molecule has 2 aromatic rings. The highest BCUT2D eigenvalue weighted by Gasteiger charge is 2.29. The summed E-state index contributed by atoms with van der Waals surface area (Å²) in [6.07, 6.45) is 5.37. The van der Waals surface area contributed by atoms with Gasteiger partial charge in [-0.1, -0.05) is 11.6 Å². The number of thiophene rings is 1. The molecule has 1 unspecified atom stereocenters. The zero-order valence-corrected chi connectivity index (χ0v) is 14.6. The molecule has 0 saturated carbocycles. The average Bonchev–Trinajstić information content (AvgIpc) is 3.00. The van der Waals surface area contributed by atoms with Gasteiger partial charge in [-0.25, -0.2) is 9.97 Å². The Morgan fingerprint density at radius 1 is 1.43 bits per heavy atom. The first kappa shape index (κ1) is 16.2. The number of hydrogen-bond acceptors (Lipinski definition) is 5. The molecule has 1 fully saturated rings. The van der Waals surface area contributed by atoms with Gasteiger partial charge in [0.1, 0.15) is 0 Å². The van der Waals surface area contributed by atoms with Crippen LogP contribution in [-0.4, -0.2) is 40.9 Å². The lowest BCUT2D eigenvalue weighted by Crippen LogP contribution is -2.44. The summed E-state index contributed by atoms with van der Waals surface area (Å²) >= 11 is 7.47. The number of halogens is 1. The maximum Gasteiger partial charge on any atom is 0.227 e. The van der Waals surface area contributed by atoms with Gasteiger partial charge >= 0.3 is 0 Å².